The van der Waals surface area contributed by atoms with E-state index in [1.165, 1.54) is 6.33 Å². The SMILES string of the molecule is Cc1cc(N2CCC[C@](O)(CNC(=O)c3ccc4c(c3)ncn4C)C2)ncn1. The van der Waals surface area contributed by atoms with Gasteiger partial charge in [0.05, 0.1) is 23.0 Å². The van der Waals surface area contributed by atoms with Crippen molar-refractivity contribution in [2.75, 3.05) is 24.5 Å². The molecule has 0 spiro atoms. The van der Waals surface area contributed by atoms with Crippen LogP contribution >= 0.6 is 0 Å². The van der Waals surface area contributed by atoms with Gasteiger partial charge in [0, 0.05) is 44.0 Å². The van der Waals surface area contributed by atoms with Crippen LogP contribution in [0.15, 0.2) is 36.9 Å². The first-order valence-corrected chi connectivity index (χ1v) is 9.39. The number of imidazole rings is 1. The van der Waals surface area contributed by atoms with Gasteiger partial charge in [-0.2, -0.15) is 0 Å². The van der Waals surface area contributed by atoms with E-state index >= 15 is 0 Å². The standard InChI is InChI=1S/C20H24N6O2/c1-14-8-18(23-12-22-14)26-7-3-6-20(28,11-26)10-21-19(27)15-4-5-17-16(9-15)24-13-25(17)2/h4-5,8-9,12-13,28H,3,6-7,10-11H2,1-2H3,(H,21,27)/t20-/m0/s1. The van der Waals surface area contributed by atoms with Gasteiger partial charge in [0.25, 0.3) is 5.91 Å². The number of fused-ring (bicyclic) bond motifs is 1. The fourth-order valence-corrected chi connectivity index (χ4v) is 3.69. The molecule has 0 unspecified atom stereocenters. The largest absolute Gasteiger partial charge is 0.386 e. The Bertz CT molecular complexity index is 1020. The number of anilines is 1. The molecule has 3 aromatic rings. The molecule has 4 rings (SSSR count). The molecule has 1 aliphatic rings. The van der Waals surface area contributed by atoms with Crippen LogP contribution < -0.4 is 10.2 Å². The van der Waals surface area contributed by atoms with Crippen LogP contribution in [0.25, 0.3) is 11.0 Å². The number of hydrogen-bond donors (Lipinski definition) is 2. The van der Waals surface area contributed by atoms with Crippen LogP contribution in [0.3, 0.4) is 0 Å². The average Bonchev–Trinajstić information content (AvgIpc) is 3.06. The van der Waals surface area contributed by atoms with Crippen molar-refractivity contribution >= 4 is 22.8 Å². The summed E-state index contributed by atoms with van der Waals surface area (Å²) in [4.78, 5) is 27.4. The molecule has 1 aliphatic heterocycles. The minimum atomic E-state index is -0.998. The molecule has 0 radical (unpaired) electrons. The second-order valence-electron chi connectivity index (χ2n) is 7.51. The molecular formula is C20H24N6O2. The molecular weight excluding hydrogens is 356 g/mol. The molecule has 1 amide bonds. The van der Waals surface area contributed by atoms with Gasteiger partial charge in [0.2, 0.25) is 0 Å². The highest BCUT2D eigenvalue weighted by Crippen LogP contribution is 2.24. The second kappa shape index (κ2) is 7.20. The molecule has 8 heteroatoms. The van der Waals surface area contributed by atoms with E-state index in [-0.39, 0.29) is 12.5 Å². The summed E-state index contributed by atoms with van der Waals surface area (Å²) in [5, 5.41) is 13.9. The molecule has 146 valence electrons. The first-order valence-electron chi connectivity index (χ1n) is 9.39. The molecule has 28 heavy (non-hydrogen) atoms. The monoisotopic (exact) mass is 380 g/mol. The van der Waals surface area contributed by atoms with Crippen molar-refractivity contribution in [2.45, 2.75) is 25.4 Å². The number of benzene rings is 1. The Hall–Kier alpha value is -3.00. The quantitative estimate of drug-likeness (QED) is 0.711. The Labute approximate surface area is 163 Å². The lowest BCUT2D eigenvalue weighted by atomic mass is 9.92. The summed E-state index contributed by atoms with van der Waals surface area (Å²) in [7, 11) is 1.92. The van der Waals surface area contributed by atoms with Crippen molar-refractivity contribution in [1.29, 1.82) is 0 Å². The Kier molecular flexibility index (Phi) is 4.72. The molecule has 1 aromatic carbocycles. The van der Waals surface area contributed by atoms with Gasteiger partial charge in [-0.05, 0) is 38.0 Å². The van der Waals surface area contributed by atoms with Crippen LogP contribution in [0.4, 0.5) is 5.82 Å². The van der Waals surface area contributed by atoms with E-state index in [0.29, 0.717) is 18.5 Å². The fourth-order valence-electron chi connectivity index (χ4n) is 3.69. The highest BCUT2D eigenvalue weighted by Gasteiger charge is 2.34. The van der Waals surface area contributed by atoms with E-state index in [4.69, 9.17) is 0 Å². The second-order valence-corrected chi connectivity index (χ2v) is 7.51. The maximum absolute atomic E-state index is 12.6. The highest BCUT2D eigenvalue weighted by molar-refractivity contribution is 5.97. The van der Waals surface area contributed by atoms with E-state index in [9.17, 15) is 9.90 Å². The van der Waals surface area contributed by atoms with Gasteiger partial charge in [0.15, 0.2) is 0 Å². The number of aliphatic hydroxyl groups is 1. The third-order valence-electron chi connectivity index (χ3n) is 5.23. The fraction of sp³-hybridized carbons (Fsp3) is 0.400. The lowest BCUT2D eigenvalue weighted by molar-refractivity contribution is 0.0254. The van der Waals surface area contributed by atoms with Gasteiger partial charge >= 0.3 is 0 Å². The van der Waals surface area contributed by atoms with E-state index in [1.807, 2.05) is 35.6 Å². The van der Waals surface area contributed by atoms with E-state index < -0.39 is 5.60 Å². The summed E-state index contributed by atoms with van der Waals surface area (Å²) >= 11 is 0. The van der Waals surface area contributed by atoms with Crippen molar-refractivity contribution in [3.05, 3.63) is 48.2 Å². The number of piperidine rings is 1. The Morgan fingerprint density at radius 1 is 1.29 bits per heavy atom. The van der Waals surface area contributed by atoms with Gasteiger partial charge in [-0.25, -0.2) is 15.0 Å². The minimum absolute atomic E-state index is 0.187. The van der Waals surface area contributed by atoms with Gasteiger partial charge in [0.1, 0.15) is 12.1 Å². The molecule has 3 heterocycles. The Morgan fingerprint density at radius 2 is 2.14 bits per heavy atom. The normalized spacial score (nSPS) is 19.8. The first-order chi connectivity index (χ1) is 13.4. The van der Waals surface area contributed by atoms with Crippen LogP contribution in [0.1, 0.15) is 28.9 Å². The third-order valence-corrected chi connectivity index (χ3v) is 5.23. The van der Waals surface area contributed by atoms with Gasteiger partial charge < -0.3 is 19.9 Å². The summed E-state index contributed by atoms with van der Waals surface area (Å²) < 4.78 is 1.91. The Morgan fingerprint density at radius 3 is 2.96 bits per heavy atom. The number of β-amino-alcohol motifs (C(OH)–C–C–N with tert-alkyl or cyclic N) is 1. The zero-order valence-electron chi connectivity index (χ0n) is 16.1. The van der Waals surface area contributed by atoms with Crippen molar-refractivity contribution in [1.82, 2.24) is 24.8 Å². The lowest BCUT2D eigenvalue weighted by Gasteiger charge is -2.39. The summed E-state index contributed by atoms with van der Waals surface area (Å²) in [6.07, 6.45) is 4.72. The van der Waals surface area contributed by atoms with Crippen LogP contribution in [-0.4, -0.2) is 55.8 Å². The van der Waals surface area contributed by atoms with Gasteiger partial charge in [-0.15, -0.1) is 0 Å². The number of aromatic nitrogens is 4. The van der Waals surface area contributed by atoms with Crippen LogP contribution in [-0.2, 0) is 7.05 Å². The van der Waals surface area contributed by atoms with Gasteiger partial charge in [-0.1, -0.05) is 0 Å². The number of nitrogens with one attached hydrogen (secondary N) is 1. The molecule has 0 bridgehead atoms. The zero-order chi connectivity index (χ0) is 19.7. The molecule has 8 nitrogen and oxygen atoms in total. The molecule has 1 atom stereocenters. The number of carbonyl (C=O) groups is 1. The number of amides is 1. The van der Waals surface area contributed by atoms with Gasteiger partial charge in [-0.3, -0.25) is 4.79 Å². The van der Waals surface area contributed by atoms with Crippen LogP contribution in [0.2, 0.25) is 0 Å². The lowest BCUT2D eigenvalue weighted by Crippen LogP contribution is -2.54. The predicted molar refractivity (Wildman–Crippen MR) is 106 cm³/mol. The Balaban J connectivity index is 1.43. The number of carbonyl (C=O) groups excluding carboxylic acids is 1. The minimum Gasteiger partial charge on any atom is -0.386 e. The van der Waals surface area contributed by atoms with Crippen molar-refractivity contribution < 1.29 is 9.90 Å². The smallest absolute Gasteiger partial charge is 0.251 e. The topological polar surface area (TPSA) is 96.2 Å². The average molecular weight is 380 g/mol. The first kappa shape index (κ1) is 18.4. The number of aryl methyl sites for hydroxylation is 2. The molecule has 0 aliphatic carbocycles. The van der Waals surface area contributed by atoms with Crippen molar-refractivity contribution in [3.63, 3.8) is 0 Å². The van der Waals surface area contributed by atoms with E-state index in [1.54, 1.807) is 18.5 Å². The maximum Gasteiger partial charge on any atom is 0.251 e. The van der Waals surface area contributed by atoms with Crippen LogP contribution in [0, 0.1) is 6.92 Å². The third kappa shape index (κ3) is 3.68. The van der Waals surface area contributed by atoms with Crippen molar-refractivity contribution in [2.24, 2.45) is 7.05 Å². The van der Waals surface area contributed by atoms with Crippen LogP contribution in [0.5, 0.6) is 0 Å². The highest BCUT2D eigenvalue weighted by atomic mass is 16.3. The van der Waals surface area contributed by atoms with Crippen molar-refractivity contribution in [3.8, 4) is 0 Å². The molecule has 0 saturated carbocycles. The van der Waals surface area contributed by atoms with E-state index in [2.05, 4.69) is 20.3 Å². The molecule has 2 aromatic heterocycles. The molecule has 2 N–H and O–H groups in total. The maximum atomic E-state index is 12.6. The number of nitrogens with zero attached hydrogens (tertiary/aromatic N) is 5. The number of rotatable bonds is 4. The molecule has 1 saturated heterocycles. The predicted octanol–water partition coefficient (Wildman–Crippen LogP) is 1.43. The molecule has 1 fully saturated rings. The number of hydrogen-bond acceptors (Lipinski definition) is 6. The summed E-state index contributed by atoms with van der Waals surface area (Å²) in [6.45, 7) is 3.35. The summed E-state index contributed by atoms with van der Waals surface area (Å²) in [6, 6.07) is 7.34. The summed E-state index contributed by atoms with van der Waals surface area (Å²) in [5.74, 6) is 0.591. The zero-order valence-corrected chi connectivity index (χ0v) is 16.1. The summed E-state index contributed by atoms with van der Waals surface area (Å²) in [5.41, 5.74) is 2.17. The van der Waals surface area contributed by atoms with E-state index in [0.717, 1.165) is 35.5 Å².